The van der Waals surface area contributed by atoms with Crippen molar-refractivity contribution < 1.29 is 9.53 Å². The highest BCUT2D eigenvalue weighted by Gasteiger charge is 2.25. The van der Waals surface area contributed by atoms with Crippen LogP contribution in [0.2, 0.25) is 0 Å². The van der Waals surface area contributed by atoms with Gasteiger partial charge in [-0.05, 0) is 57.2 Å². The topological polar surface area (TPSA) is 64.4 Å². The number of rotatable bonds is 6. The van der Waals surface area contributed by atoms with Crippen LogP contribution in [0.15, 0.2) is 34.2 Å². The highest BCUT2D eigenvalue weighted by atomic mass is 32.2. The number of benzene rings is 1. The van der Waals surface area contributed by atoms with E-state index in [9.17, 15) is 9.59 Å². The average Bonchev–Trinajstić information content (AvgIpc) is 3.13. The second kappa shape index (κ2) is 9.67. The molecule has 32 heavy (non-hydrogen) atoms. The molecular weight excluding hydrogens is 442 g/mol. The first-order valence-corrected chi connectivity index (χ1v) is 12.9. The summed E-state index contributed by atoms with van der Waals surface area (Å²) in [6.07, 6.45) is 4.12. The average molecular weight is 472 g/mol. The Labute approximate surface area is 196 Å². The summed E-state index contributed by atoms with van der Waals surface area (Å²) in [5, 5.41) is 1.20. The van der Waals surface area contributed by atoms with Crippen molar-refractivity contribution in [3.63, 3.8) is 0 Å². The molecule has 0 N–H and O–H groups in total. The van der Waals surface area contributed by atoms with E-state index in [1.54, 1.807) is 23.0 Å². The van der Waals surface area contributed by atoms with E-state index in [2.05, 4.69) is 13.8 Å². The maximum absolute atomic E-state index is 13.7. The lowest BCUT2D eigenvalue weighted by Gasteiger charge is -2.33. The number of hydrogen-bond donors (Lipinski definition) is 0. The van der Waals surface area contributed by atoms with E-state index in [4.69, 9.17) is 9.72 Å². The van der Waals surface area contributed by atoms with Gasteiger partial charge in [-0.25, -0.2) is 4.98 Å². The van der Waals surface area contributed by atoms with Crippen LogP contribution in [-0.4, -0.2) is 45.8 Å². The van der Waals surface area contributed by atoms with Crippen LogP contribution in [0.1, 0.15) is 43.6 Å². The van der Waals surface area contributed by atoms with Gasteiger partial charge in [0.05, 0.1) is 23.9 Å². The second-order valence-electron chi connectivity index (χ2n) is 8.14. The number of carbonyl (C=O) groups is 1. The summed E-state index contributed by atoms with van der Waals surface area (Å²) in [6, 6.07) is 7.67. The Balaban J connectivity index is 1.77. The standard InChI is InChI=1S/C24H29N3O3S2/c1-5-19-16(3)21-22(32-19)25-24(31-14-20(28)26-12-7-6-9-15(26)2)27(23(21)29)17-10-8-11-18(13-17)30-4/h8,10-11,13,15H,5-7,9,12,14H2,1-4H3/t15-/m0/s1. The number of piperidine rings is 1. The molecule has 0 unspecified atom stereocenters. The maximum Gasteiger partial charge on any atom is 0.267 e. The third-order valence-electron chi connectivity index (χ3n) is 6.11. The fraction of sp³-hybridized carbons (Fsp3) is 0.458. The molecule has 2 aromatic heterocycles. The Morgan fingerprint density at radius 3 is 2.88 bits per heavy atom. The molecule has 3 aromatic rings. The van der Waals surface area contributed by atoms with Crippen molar-refractivity contribution in [1.82, 2.24) is 14.5 Å². The largest absolute Gasteiger partial charge is 0.497 e. The number of nitrogens with zero attached hydrogens (tertiary/aromatic N) is 3. The van der Waals surface area contributed by atoms with Crippen LogP contribution in [0, 0.1) is 6.92 Å². The number of carbonyl (C=O) groups excluding carboxylic acids is 1. The molecule has 1 aliphatic heterocycles. The lowest BCUT2D eigenvalue weighted by molar-refractivity contribution is -0.131. The number of methoxy groups -OCH3 is 1. The Hall–Kier alpha value is -2.32. The van der Waals surface area contributed by atoms with E-state index >= 15 is 0 Å². The first-order valence-electron chi connectivity index (χ1n) is 11.1. The Morgan fingerprint density at radius 1 is 1.34 bits per heavy atom. The smallest absolute Gasteiger partial charge is 0.267 e. The van der Waals surface area contributed by atoms with Gasteiger partial charge < -0.3 is 9.64 Å². The van der Waals surface area contributed by atoms with Gasteiger partial charge in [-0.3, -0.25) is 14.2 Å². The van der Waals surface area contributed by atoms with Gasteiger partial charge in [-0.2, -0.15) is 0 Å². The van der Waals surface area contributed by atoms with Crippen LogP contribution in [0.4, 0.5) is 0 Å². The minimum atomic E-state index is -0.0991. The molecule has 0 saturated carbocycles. The number of amides is 1. The molecule has 170 valence electrons. The molecule has 4 rings (SSSR count). The predicted octanol–water partition coefficient (Wildman–Crippen LogP) is 4.82. The van der Waals surface area contributed by atoms with Crippen molar-refractivity contribution in [2.24, 2.45) is 0 Å². The molecule has 1 aliphatic rings. The number of thioether (sulfide) groups is 1. The fourth-order valence-corrected chi connectivity index (χ4v) is 6.36. The van der Waals surface area contributed by atoms with Crippen molar-refractivity contribution in [2.45, 2.75) is 57.7 Å². The summed E-state index contributed by atoms with van der Waals surface area (Å²) in [4.78, 5) is 35.4. The van der Waals surface area contributed by atoms with Gasteiger partial charge in [0.15, 0.2) is 5.16 Å². The Morgan fingerprint density at radius 2 is 2.16 bits per heavy atom. The summed E-state index contributed by atoms with van der Waals surface area (Å²) in [7, 11) is 1.61. The molecule has 0 spiro atoms. The minimum Gasteiger partial charge on any atom is -0.497 e. The number of aryl methyl sites for hydroxylation is 2. The first-order chi connectivity index (χ1) is 15.4. The molecule has 3 heterocycles. The zero-order valence-corrected chi connectivity index (χ0v) is 20.6. The molecule has 6 nitrogen and oxygen atoms in total. The highest BCUT2D eigenvalue weighted by Crippen LogP contribution is 2.31. The van der Waals surface area contributed by atoms with Gasteiger partial charge in [0.25, 0.3) is 5.56 Å². The molecule has 1 fully saturated rings. The van der Waals surface area contributed by atoms with Gasteiger partial charge in [0.1, 0.15) is 10.6 Å². The molecular formula is C24H29N3O3S2. The van der Waals surface area contributed by atoms with Crippen LogP contribution in [0.5, 0.6) is 5.75 Å². The number of fused-ring (bicyclic) bond motifs is 1. The molecule has 0 radical (unpaired) electrons. The van der Waals surface area contributed by atoms with Gasteiger partial charge >= 0.3 is 0 Å². The van der Waals surface area contributed by atoms with Crippen molar-refractivity contribution in [3.05, 3.63) is 45.1 Å². The fourth-order valence-electron chi connectivity index (χ4n) is 4.30. The maximum atomic E-state index is 13.7. The van der Waals surface area contributed by atoms with E-state index in [0.717, 1.165) is 36.2 Å². The predicted molar refractivity (Wildman–Crippen MR) is 132 cm³/mol. The summed E-state index contributed by atoms with van der Waals surface area (Å²) in [6.45, 7) is 7.00. The van der Waals surface area contributed by atoms with Crippen molar-refractivity contribution in [3.8, 4) is 11.4 Å². The minimum absolute atomic E-state index is 0.0991. The number of ether oxygens (including phenoxy) is 1. The third-order valence-corrected chi connectivity index (χ3v) is 8.37. The zero-order chi connectivity index (χ0) is 22.8. The number of hydrogen-bond acceptors (Lipinski definition) is 6. The SMILES string of the molecule is CCc1sc2nc(SCC(=O)N3CCCC[C@@H]3C)n(-c3cccc(OC)c3)c(=O)c2c1C. The molecule has 1 aromatic carbocycles. The molecule has 8 heteroatoms. The lowest BCUT2D eigenvalue weighted by atomic mass is 10.0. The molecule has 1 atom stereocenters. The van der Waals surface area contributed by atoms with Crippen molar-refractivity contribution >= 4 is 39.2 Å². The van der Waals surface area contributed by atoms with E-state index in [0.29, 0.717) is 22.0 Å². The Bertz CT molecular complexity index is 1200. The first kappa shape index (κ1) is 22.9. The van der Waals surface area contributed by atoms with Gasteiger partial charge in [0.2, 0.25) is 5.91 Å². The zero-order valence-electron chi connectivity index (χ0n) is 19.0. The summed E-state index contributed by atoms with van der Waals surface area (Å²) in [5.41, 5.74) is 1.59. The molecule has 1 saturated heterocycles. The van der Waals surface area contributed by atoms with Gasteiger partial charge in [-0.15, -0.1) is 11.3 Å². The van der Waals surface area contributed by atoms with Crippen LogP contribution >= 0.6 is 23.1 Å². The van der Waals surface area contributed by atoms with E-state index < -0.39 is 0 Å². The van der Waals surface area contributed by atoms with Crippen molar-refractivity contribution in [2.75, 3.05) is 19.4 Å². The monoisotopic (exact) mass is 471 g/mol. The molecule has 0 bridgehead atoms. The van der Waals surface area contributed by atoms with Gasteiger partial charge in [0, 0.05) is 23.5 Å². The van der Waals surface area contributed by atoms with Crippen molar-refractivity contribution in [1.29, 1.82) is 0 Å². The number of aromatic nitrogens is 2. The van der Waals surface area contributed by atoms with Crippen LogP contribution in [0.3, 0.4) is 0 Å². The van der Waals surface area contributed by atoms with E-state index in [-0.39, 0.29) is 23.3 Å². The highest BCUT2D eigenvalue weighted by molar-refractivity contribution is 7.99. The number of likely N-dealkylation sites (tertiary alicyclic amines) is 1. The third kappa shape index (κ3) is 4.30. The van der Waals surface area contributed by atoms with Gasteiger partial charge in [-0.1, -0.05) is 24.8 Å². The van der Waals surface area contributed by atoms with E-state index in [1.165, 1.54) is 23.1 Å². The molecule has 0 aliphatic carbocycles. The quantitative estimate of drug-likeness (QED) is 0.381. The van der Waals surface area contributed by atoms with Crippen LogP contribution in [0.25, 0.3) is 15.9 Å². The van der Waals surface area contributed by atoms with E-state index in [1.807, 2.05) is 36.1 Å². The second-order valence-corrected chi connectivity index (χ2v) is 10.2. The van der Waals surface area contributed by atoms with Crippen LogP contribution in [-0.2, 0) is 11.2 Å². The summed E-state index contributed by atoms with van der Waals surface area (Å²) >= 11 is 2.91. The normalized spacial score (nSPS) is 16.5. The van der Waals surface area contributed by atoms with Crippen LogP contribution < -0.4 is 10.3 Å². The lowest BCUT2D eigenvalue weighted by Crippen LogP contribution is -2.43. The summed E-state index contributed by atoms with van der Waals surface area (Å²) in [5.74, 6) is 1.03. The summed E-state index contributed by atoms with van der Waals surface area (Å²) < 4.78 is 7.00. The molecule has 1 amide bonds. The Kier molecular flexibility index (Phi) is 6.90. The number of thiophene rings is 1.